The second-order valence-electron chi connectivity index (χ2n) is 10.0. The number of likely N-dealkylation sites (tertiary alicyclic amines) is 1. The van der Waals surface area contributed by atoms with Crippen LogP contribution in [0.4, 0.5) is 4.39 Å². The Morgan fingerprint density at radius 1 is 1.03 bits per heavy atom. The zero-order chi connectivity index (χ0) is 23.4. The number of carbonyl (C=O) groups is 1. The summed E-state index contributed by atoms with van der Waals surface area (Å²) >= 11 is 0. The number of halogens is 1. The van der Waals surface area contributed by atoms with Crippen LogP contribution >= 0.6 is 0 Å². The maximum Gasteiger partial charge on any atom is 0.229 e. The summed E-state index contributed by atoms with van der Waals surface area (Å²) in [5.74, 6) is 0.577. The first-order valence-corrected chi connectivity index (χ1v) is 12.6. The number of ether oxygens (including phenoxy) is 1. The Labute approximate surface area is 201 Å². The minimum absolute atomic E-state index is 0.240. The minimum Gasteiger partial charge on any atom is -0.381 e. The van der Waals surface area contributed by atoms with Crippen molar-refractivity contribution in [3.8, 4) is 0 Å². The van der Waals surface area contributed by atoms with Crippen LogP contribution in [0.2, 0.25) is 0 Å². The van der Waals surface area contributed by atoms with Gasteiger partial charge in [-0.15, -0.1) is 0 Å². The molecular weight excluding hydrogens is 427 g/mol. The lowest BCUT2D eigenvalue weighted by molar-refractivity contribution is -0.148. The SMILES string of the molecule is O=C(N1CCC[C@@H](Cc2cnc3ccccc3c2)CC1)C1(Cc2ccc(F)cc2)CCOCC1. The first-order chi connectivity index (χ1) is 16.6. The van der Waals surface area contributed by atoms with Gasteiger partial charge in [0.25, 0.3) is 0 Å². The number of pyridine rings is 1. The first kappa shape index (κ1) is 23.0. The number of rotatable bonds is 5. The fraction of sp³-hybridized carbons (Fsp3) is 0.448. The smallest absolute Gasteiger partial charge is 0.229 e. The molecular formula is C29H33FN2O2. The number of benzene rings is 2. The summed E-state index contributed by atoms with van der Waals surface area (Å²) in [6.45, 7) is 2.84. The van der Waals surface area contributed by atoms with E-state index in [4.69, 9.17) is 4.74 Å². The summed E-state index contributed by atoms with van der Waals surface area (Å²) < 4.78 is 19.0. The Morgan fingerprint density at radius 2 is 1.82 bits per heavy atom. The monoisotopic (exact) mass is 460 g/mol. The van der Waals surface area contributed by atoms with E-state index in [1.807, 2.05) is 30.5 Å². The normalized spacial score (nSPS) is 20.7. The van der Waals surface area contributed by atoms with Gasteiger partial charge in [-0.05, 0) is 86.3 Å². The molecule has 1 atom stereocenters. The Hall–Kier alpha value is -2.79. The molecule has 5 rings (SSSR count). The van der Waals surface area contributed by atoms with Crippen LogP contribution in [0.25, 0.3) is 10.9 Å². The van der Waals surface area contributed by atoms with Gasteiger partial charge in [-0.25, -0.2) is 4.39 Å². The first-order valence-electron chi connectivity index (χ1n) is 12.6. The number of para-hydroxylation sites is 1. The van der Waals surface area contributed by atoms with E-state index in [2.05, 4.69) is 28.1 Å². The molecule has 2 aliphatic rings. The standard InChI is InChI=1S/C29H33FN2O2/c30-26-9-7-23(8-10-26)20-29(12-16-34-17-13-29)28(33)32-14-3-4-22(11-15-32)18-24-19-25-5-1-2-6-27(25)31-21-24/h1-2,5-10,19,21-22H,3-4,11-18,20H2/t22-/m1/s1. The number of fused-ring (bicyclic) bond motifs is 1. The van der Waals surface area contributed by atoms with E-state index in [9.17, 15) is 9.18 Å². The predicted molar refractivity (Wildman–Crippen MR) is 132 cm³/mol. The van der Waals surface area contributed by atoms with Crippen LogP contribution in [0.5, 0.6) is 0 Å². The quantitative estimate of drug-likeness (QED) is 0.499. The molecule has 0 spiro atoms. The van der Waals surface area contributed by atoms with Gasteiger partial charge >= 0.3 is 0 Å². The molecule has 3 aromatic rings. The molecule has 3 heterocycles. The highest BCUT2D eigenvalue weighted by molar-refractivity contribution is 5.83. The third-order valence-corrected chi connectivity index (χ3v) is 7.67. The van der Waals surface area contributed by atoms with Gasteiger partial charge in [0.1, 0.15) is 5.82 Å². The molecule has 2 saturated heterocycles. The molecule has 4 nitrogen and oxygen atoms in total. The molecule has 1 aromatic heterocycles. The van der Waals surface area contributed by atoms with Gasteiger partial charge in [0, 0.05) is 37.9 Å². The highest BCUT2D eigenvalue weighted by Crippen LogP contribution is 2.37. The largest absolute Gasteiger partial charge is 0.381 e. The molecule has 34 heavy (non-hydrogen) atoms. The van der Waals surface area contributed by atoms with E-state index in [1.54, 1.807) is 0 Å². The van der Waals surface area contributed by atoms with Crippen molar-refractivity contribution in [3.05, 3.63) is 77.7 Å². The molecule has 2 aromatic carbocycles. The second kappa shape index (κ2) is 10.2. The van der Waals surface area contributed by atoms with E-state index in [0.717, 1.165) is 62.7 Å². The van der Waals surface area contributed by atoms with Gasteiger partial charge in [-0.3, -0.25) is 9.78 Å². The van der Waals surface area contributed by atoms with Crippen LogP contribution in [0.3, 0.4) is 0 Å². The number of carbonyl (C=O) groups excluding carboxylic acids is 1. The van der Waals surface area contributed by atoms with E-state index in [0.29, 0.717) is 25.6 Å². The summed E-state index contributed by atoms with van der Waals surface area (Å²) in [6.07, 6.45) is 8.30. The van der Waals surface area contributed by atoms with Crippen molar-refractivity contribution in [1.29, 1.82) is 0 Å². The molecule has 0 radical (unpaired) electrons. The summed E-state index contributed by atoms with van der Waals surface area (Å²) in [6, 6.07) is 17.1. The Balaban J connectivity index is 1.26. The van der Waals surface area contributed by atoms with Gasteiger partial charge in [0.2, 0.25) is 5.91 Å². The number of hydrogen-bond acceptors (Lipinski definition) is 3. The lowest BCUT2D eigenvalue weighted by atomic mass is 9.74. The van der Waals surface area contributed by atoms with E-state index in [1.165, 1.54) is 23.1 Å². The topological polar surface area (TPSA) is 42.4 Å². The second-order valence-corrected chi connectivity index (χ2v) is 10.0. The fourth-order valence-corrected chi connectivity index (χ4v) is 5.69. The molecule has 2 fully saturated rings. The number of aromatic nitrogens is 1. The van der Waals surface area contributed by atoms with Crippen molar-refractivity contribution in [2.75, 3.05) is 26.3 Å². The molecule has 178 valence electrons. The van der Waals surface area contributed by atoms with Crippen LogP contribution < -0.4 is 0 Å². The molecule has 0 saturated carbocycles. The minimum atomic E-state index is -0.446. The average Bonchev–Trinajstić information content (AvgIpc) is 3.11. The summed E-state index contributed by atoms with van der Waals surface area (Å²) in [4.78, 5) is 20.6. The third kappa shape index (κ3) is 5.15. The van der Waals surface area contributed by atoms with Crippen LogP contribution in [0, 0.1) is 17.2 Å². The summed E-state index contributed by atoms with van der Waals surface area (Å²) in [5, 5.41) is 1.19. The van der Waals surface area contributed by atoms with E-state index < -0.39 is 5.41 Å². The Kier molecular flexibility index (Phi) is 6.91. The van der Waals surface area contributed by atoms with Crippen LogP contribution in [0.15, 0.2) is 60.8 Å². The molecule has 5 heteroatoms. The zero-order valence-corrected chi connectivity index (χ0v) is 19.7. The Morgan fingerprint density at radius 3 is 2.65 bits per heavy atom. The van der Waals surface area contributed by atoms with Crippen LogP contribution in [-0.4, -0.2) is 42.1 Å². The highest BCUT2D eigenvalue weighted by Gasteiger charge is 2.42. The van der Waals surface area contributed by atoms with Gasteiger partial charge in [-0.2, -0.15) is 0 Å². The van der Waals surface area contributed by atoms with Crippen LogP contribution in [0.1, 0.15) is 43.2 Å². The van der Waals surface area contributed by atoms with E-state index in [-0.39, 0.29) is 11.7 Å². The van der Waals surface area contributed by atoms with Crippen molar-refractivity contribution in [2.45, 2.75) is 44.9 Å². The average molecular weight is 461 g/mol. The molecule has 2 aliphatic heterocycles. The fourth-order valence-electron chi connectivity index (χ4n) is 5.69. The van der Waals surface area contributed by atoms with Gasteiger partial charge in [0.05, 0.1) is 10.9 Å². The van der Waals surface area contributed by atoms with Gasteiger partial charge < -0.3 is 9.64 Å². The van der Waals surface area contributed by atoms with Gasteiger partial charge in [-0.1, -0.05) is 30.3 Å². The van der Waals surface area contributed by atoms with Gasteiger partial charge in [0.15, 0.2) is 0 Å². The van der Waals surface area contributed by atoms with Crippen molar-refractivity contribution in [2.24, 2.45) is 11.3 Å². The van der Waals surface area contributed by atoms with Crippen molar-refractivity contribution in [3.63, 3.8) is 0 Å². The van der Waals surface area contributed by atoms with E-state index >= 15 is 0 Å². The van der Waals surface area contributed by atoms with Crippen molar-refractivity contribution < 1.29 is 13.9 Å². The molecule has 0 N–H and O–H groups in total. The molecule has 0 aliphatic carbocycles. The highest BCUT2D eigenvalue weighted by atomic mass is 19.1. The molecule has 0 bridgehead atoms. The molecule has 1 amide bonds. The lowest BCUT2D eigenvalue weighted by Gasteiger charge is -2.40. The zero-order valence-electron chi connectivity index (χ0n) is 19.7. The maximum atomic E-state index is 13.9. The number of nitrogens with zero attached hydrogens (tertiary/aromatic N) is 2. The van der Waals surface area contributed by atoms with Crippen LogP contribution in [-0.2, 0) is 22.4 Å². The van der Waals surface area contributed by atoms with Crippen molar-refractivity contribution >= 4 is 16.8 Å². The number of amides is 1. The predicted octanol–water partition coefficient (Wildman–Crippen LogP) is 5.58. The molecule has 0 unspecified atom stereocenters. The summed E-state index contributed by atoms with van der Waals surface area (Å²) in [7, 11) is 0. The lowest BCUT2D eigenvalue weighted by Crippen LogP contribution is -2.48. The summed E-state index contributed by atoms with van der Waals surface area (Å²) in [5.41, 5.74) is 2.89. The Bertz CT molecular complexity index is 1120. The number of hydrogen-bond donors (Lipinski definition) is 0. The van der Waals surface area contributed by atoms with Crippen molar-refractivity contribution in [1.82, 2.24) is 9.88 Å². The maximum absolute atomic E-state index is 13.9. The third-order valence-electron chi connectivity index (χ3n) is 7.67.